The first-order valence-electron chi connectivity index (χ1n) is 29.9. The highest BCUT2D eigenvalue weighted by Gasteiger charge is 2.37. The Bertz CT molecular complexity index is 4780. The summed E-state index contributed by atoms with van der Waals surface area (Å²) < 4.78 is 63.5. The topological polar surface area (TPSA) is 172 Å². The standard InChI is InChI=1S/C19H15ClF2N2O2.C18H17BrN2.C17H13BrF2N2.C17H14BrN3O2/c1-26-19(25)24-7-6-12-13-8-10(20)2-5-16(13)23-17(12)18(24)14-9-11(21)3-4-15(14)22;1-11-2-4-12(5-3-11)17-18-14(8-9-20-17)15-10-13(19)6-7-16(15)21-18;18-10-1-2-15-14(7-10)13-3-4-21-16(17(13)22-15)9-5-11(19)8-12(20)6-9;18-11-3-6-15-14(9-11)13-7-8-19-16(17(13)20-15)10-1-4-12(5-2-10)21(22)23/h2-5,8-9,18,23H,6-7H2,1H3;2-7,10,17,20-21H,8-9H2,1H3;1-2,5-8,16,21-22H,3-4H2;1-6,9,16,19-20H,7-8H2. The van der Waals surface area contributed by atoms with E-state index >= 15 is 0 Å². The first kappa shape index (κ1) is 62.7. The first-order chi connectivity index (χ1) is 44.5. The van der Waals surface area contributed by atoms with E-state index in [0.717, 1.165) is 126 Å². The molecule has 1 amide bonds. The Balaban J connectivity index is 0.000000112. The van der Waals surface area contributed by atoms with E-state index in [1.165, 1.54) is 73.9 Å². The molecular formula is C71H59Br3ClF4N9O4. The van der Waals surface area contributed by atoms with Gasteiger partial charge in [-0.05, 0) is 175 Å². The normalized spacial score (nSPS) is 17.3. The smallest absolute Gasteiger partial charge is 0.410 e. The van der Waals surface area contributed by atoms with E-state index in [-0.39, 0.29) is 34.3 Å². The van der Waals surface area contributed by atoms with Gasteiger partial charge in [0, 0.05) is 135 Å². The average Bonchev–Trinajstić information content (AvgIpc) is 1.61. The minimum absolute atomic E-state index is 0.0331. The largest absolute Gasteiger partial charge is 0.453 e. The van der Waals surface area contributed by atoms with Gasteiger partial charge in [-0.1, -0.05) is 101 Å². The Labute approximate surface area is 556 Å². The third-order valence-corrected chi connectivity index (χ3v) is 19.3. The molecule has 16 rings (SSSR count). The van der Waals surface area contributed by atoms with Gasteiger partial charge in [-0.15, -0.1) is 0 Å². The molecular weight excluding hydrogens is 1390 g/mol. The molecule has 4 aliphatic rings. The molecule has 4 aliphatic heterocycles. The molecule has 0 radical (unpaired) electrons. The second kappa shape index (κ2) is 26.5. The Morgan fingerprint density at radius 1 is 0.522 bits per heavy atom. The van der Waals surface area contributed by atoms with Crippen molar-refractivity contribution in [1.82, 2.24) is 40.8 Å². The minimum Gasteiger partial charge on any atom is -0.453 e. The van der Waals surface area contributed by atoms with Crippen LogP contribution in [-0.2, 0) is 30.4 Å². The Morgan fingerprint density at radius 2 is 0.957 bits per heavy atom. The fraction of sp³-hybridized carbons (Fsp3) is 0.197. The quantitative estimate of drug-likeness (QED) is 0.0511. The Hall–Kier alpha value is -8.08. The van der Waals surface area contributed by atoms with E-state index in [4.69, 9.17) is 16.3 Å². The molecule has 0 saturated heterocycles. The minimum atomic E-state index is -0.812. The van der Waals surface area contributed by atoms with E-state index in [2.05, 4.69) is 151 Å². The summed E-state index contributed by atoms with van der Waals surface area (Å²) in [5.74, 6) is -2.27. The van der Waals surface area contributed by atoms with Crippen molar-refractivity contribution in [1.29, 1.82) is 0 Å². The summed E-state index contributed by atoms with van der Waals surface area (Å²) >= 11 is 16.7. The lowest BCUT2D eigenvalue weighted by Gasteiger charge is -2.35. The van der Waals surface area contributed by atoms with Crippen molar-refractivity contribution in [3.05, 3.63) is 282 Å². The number of aryl methyl sites for hydroxylation is 1. The van der Waals surface area contributed by atoms with Crippen LogP contribution in [0, 0.1) is 40.3 Å². The molecule has 0 aliphatic carbocycles. The summed E-state index contributed by atoms with van der Waals surface area (Å²) in [6.45, 7) is 5.12. The number of non-ortho nitro benzene ring substituents is 1. The lowest BCUT2D eigenvalue weighted by molar-refractivity contribution is -0.384. The van der Waals surface area contributed by atoms with Crippen molar-refractivity contribution in [3.63, 3.8) is 0 Å². The highest BCUT2D eigenvalue weighted by molar-refractivity contribution is 9.11. The van der Waals surface area contributed by atoms with Crippen LogP contribution in [0.25, 0.3) is 43.6 Å². The molecule has 12 aromatic rings. The maximum absolute atomic E-state index is 14.5. The highest BCUT2D eigenvalue weighted by Crippen LogP contribution is 2.42. The number of amides is 1. The van der Waals surface area contributed by atoms with Gasteiger partial charge in [0.05, 0.1) is 30.2 Å². The molecule has 468 valence electrons. The number of rotatable bonds is 5. The predicted molar refractivity (Wildman–Crippen MR) is 364 cm³/mol. The van der Waals surface area contributed by atoms with Gasteiger partial charge in [0.2, 0.25) is 0 Å². The van der Waals surface area contributed by atoms with Crippen LogP contribution in [0.3, 0.4) is 0 Å². The van der Waals surface area contributed by atoms with Crippen LogP contribution in [0.15, 0.2) is 171 Å². The first-order valence-corrected chi connectivity index (χ1v) is 32.7. The van der Waals surface area contributed by atoms with Crippen molar-refractivity contribution in [2.75, 3.05) is 33.3 Å². The molecule has 8 heterocycles. The number of carbonyl (C=O) groups excluding carboxylic acids is 1. The second-order valence-corrected chi connectivity index (χ2v) is 26.4. The molecule has 4 unspecified atom stereocenters. The lowest BCUT2D eigenvalue weighted by atomic mass is 9.92. The summed E-state index contributed by atoms with van der Waals surface area (Å²) in [5, 5.41) is 26.6. The van der Waals surface area contributed by atoms with Crippen molar-refractivity contribution in [2.45, 2.75) is 56.8 Å². The molecule has 21 heteroatoms. The number of nitro benzene ring substituents is 1. The second-order valence-electron chi connectivity index (χ2n) is 23.2. The lowest BCUT2D eigenvalue weighted by Crippen LogP contribution is -2.40. The molecule has 0 spiro atoms. The Morgan fingerprint density at radius 3 is 1.43 bits per heavy atom. The summed E-state index contributed by atoms with van der Waals surface area (Å²) in [5.41, 5.74) is 17.7. The van der Waals surface area contributed by atoms with Crippen LogP contribution in [0.4, 0.5) is 28.0 Å². The number of fused-ring (bicyclic) bond motifs is 12. The number of aromatic nitrogens is 4. The number of aromatic amines is 4. The molecule has 92 heavy (non-hydrogen) atoms. The molecule has 0 bridgehead atoms. The van der Waals surface area contributed by atoms with Gasteiger partial charge >= 0.3 is 6.09 Å². The van der Waals surface area contributed by atoms with Crippen LogP contribution < -0.4 is 16.0 Å². The van der Waals surface area contributed by atoms with Crippen LogP contribution >= 0.6 is 59.4 Å². The fourth-order valence-electron chi connectivity index (χ4n) is 13.4. The van der Waals surface area contributed by atoms with Gasteiger partial charge in [-0.3, -0.25) is 15.0 Å². The van der Waals surface area contributed by atoms with Crippen LogP contribution in [0.5, 0.6) is 0 Å². The van der Waals surface area contributed by atoms with E-state index in [0.29, 0.717) is 29.2 Å². The number of ether oxygens (including phenoxy) is 1. The SMILES string of the molecule is COC(=O)N1CCc2c([nH]c3ccc(Cl)cc23)C1c1cc(F)ccc1F.Cc1ccc(C2NCCc3c2[nH]c2ccc(Br)cc32)cc1.Fc1cc(F)cc(C2NCCc3c2[nH]c2ccc(Br)cc32)c1.O=[N+]([O-])c1ccc(C2NCCc3c2[nH]c2ccc(Br)cc32)cc1. The number of hydrogen-bond donors (Lipinski definition) is 7. The summed E-state index contributed by atoms with van der Waals surface area (Å²) in [6, 6.07) is 46.0. The predicted octanol–water partition coefficient (Wildman–Crippen LogP) is 17.8. The van der Waals surface area contributed by atoms with Crippen molar-refractivity contribution in [2.24, 2.45) is 0 Å². The third-order valence-electron chi connectivity index (χ3n) is 17.6. The zero-order valence-corrected chi connectivity index (χ0v) is 55.0. The molecule has 7 N–H and O–H groups in total. The van der Waals surface area contributed by atoms with Crippen molar-refractivity contribution >= 4 is 115 Å². The van der Waals surface area contributed by atoms with Gasteiger partial charge < -0.3 is 40.6 Å². The summed E-state index contributed by atoms with van der Waals surface area (Å²) in [6.07, 6.45) is 2.89. The number of hydrogen-bond acceptors (Lipinski definition) is 7. The van der Waals surface area contributed by atoms with Crippen LogP contribution in [0.2, 0.25) is 5.02 Å². The Kier molecular flexibility index (Phi) is 18.1. The number of benzene rings is 8. The average molecular weight is 1450 g/mol. The maximum Gasteiger partial charge on any atom is 0.410 e. The van der Waals surface area contributed by atoms with Crippen molar-refractivity contribution < 1.29 is 32.0 Å². The van der Waals surface area contributed by atoms with Gasteiger partial charge in [-0.25, -0.2) is 22.4 Å². The summed E-state index contributed by atoms with van der Waals surface area (Å²) in [7, 11) is 1.27. The monoisotopic (exact) mass is 1450 g/mol. The highest BCUT2D eigenvalue weighted by atomic mass is 79.9. The molecule has 8 aromatic carbocycles. The van der Waals surface area contributed by atoms with Crippen LogP contribution in [0.1, 0.15) is 97.0 Å². The zero-order chi connectivity index (χ0) is 64.1. The van der Waals surface area contributed by atoms with E-state index in [1.54, 1.807) is 18.2 Å². The molecule has 0 saturated carbocycles. The maximum atomic E-state index is 14.5. The number of H-pyrrole nitrogens is 4. The number of methoxy groups -OCH3 is 1. The third kappa shape index (κ3) is 12.7. The number of nitrogens with zero attached hydrogens (tertiary/aromatic N) is 2. The van der Waals surface area contributed by atoms with Gasteiger partial charge in [0.25, 0.3) is 5.69 Å². The number of nitrogens with one attached hydrogen (secondary N) is 7. The van der Waals surface area contributed by atoms with E-state index < -0.39 is 35.4 Å². The number of carbonyl (C=O) groups is 1. The molecule has 13 nitrogen and oxygen atoms in total. The summed E-state index contributed by atoms with van der Waals surface area (Å²) in [4.78, 5) is 37.9. The zero-order valence-electron chi connectivity index (χ0n) is 49.5. The fourth-order valence-corrected chi connectivity index (χ4v) is 14.6. The van der Waals surface area contributed by atoms with Crippen molar-refractivity contribution in [3.8, 4) is 0 Å². The molecule has 4 aromatic heterocycles. The van der Waals surface area contributed by atoms with Gasteiger partial charge in [-0.2, -0.15) is 0 Å². The van der Waals surface area contributed by atoms with E-state index in [1.807, 2.05) is 42.5 Å². The molecule has 4 atom stereocenters. The van der Waals surface area contributed by atoms with Gasteiger partial charge in [0.15, 0.2) is 0 Å². The number of nitro groups is 1. The molecule has 0 fully saturated rings. The van der Waals surface area contributed by atoms with Gasteiger partial charge in [0.1, 0.15) is 29.3 Å². The van der Waals surface area contributed by atoms with Crippen LogP contribution in [-0.4, -0.2) is 69.1 Å². The number of halogens is 8. The van der Waals surface area contributed by atoms with E-state index in [9.17, 15) is 32.5 Å².